The van der Waals surface area contributed by atoms with Gasteiger partial charge >= 0.3 is 6.18 Å². The molecule has 1 atom stereocenters. The standard InChI is InChI=1S/C23H21F4N3O2/c1-22(2,3)19(14-9-10-15(16(24)11-14)23(25,26)27)30-21(32)17-12-18(31)29-20(28-17)13-7-5-4-6-8-13/h4-12,19H,1-3H3,(H,30,32)(H,28,29,31)/t19-/m0/s1. The van der Waals surface area contributed by atoms with E-state index in [-0.39, 0.29) is 17.1 Å². The SMILES string of the molecule is CC(C)(C)[C@@H](NC(=O)c1cc(=O)[nH]c(-c2ccccc2)n1)c1ccc(C(F)(F)F)c(F)c1. The van der Waals surface area contributed by atoms with Crippen molar-refractivity contribution in [1.82, 2.24) is 15.3 Å². The van der Waals surface area contributed by atoms with Gasteiger partial charge < -0.3 is 10.3 Å². The lowest BCUT2D eigenvalue weighted by molar-refractivity contribution is -0.140. The third-order valence-corrected chi connectivity index (χ3v) is 4.79. The second-order valence-electron chi connectivity index (χ2n) is 8.35. The second-order valence-corrected chi connectivity index (χ2v) is 8.35. The van der Waals surface area contributed by atoms with Crippen LogP contribution >= 0.6 is 0 Å². The van der Waals surface area contributed by atoms with Gasteiger partial charge in [-0.3, -0.25) is 9.59 Å². The topological polar surface area (TPSA) is 74.8 Å². The van der Waals surface area contributed by atoms with E-state index in [4.69, 9.17) is 0 Å². The van der Waals surface area contributed by atoms with E-state index in [1.54, 1.807) is 51.1 Å². The van der Waals surface area contributed by atoms with Crippen LogP contribution in [0.3, 0.4) is 0 Å². The first-order valence-corrected chi connectivity index (χ1v) is 9.70. The van der Waals surface area contributed by atoms with Crippen LogP contribution in [0.25, 0.3) is 11.4 Å². The van der Waals surface area contributed by atoms with Crippen molar-refractivity contribution >= 4 is 5.91 Å². The van der Waals surface area contributed by atoms with Crippen molar-refractivity contribution in [3.63, 3.8) is 0 Å². The molecule has 1 heterocycles. The number of benzene rings is 2. The zero-order chi connectivity index (χ0) is 23.7. The molecule has 3 aromatic rings. The van der Waals surface area contributed by atoms with Crippen LogP contribution in [0.2, 0.25) is 0 Å². The zero-order valence-electron chi connectivity index (χ0n) is 17.5. The molecule has 0 saturated carbocycles. The van der Waals surface area contributed by atoms with Crippen molar-refractivity contribution < 1.29 is 22.4 Å². The Bertz CT molecular complexity index is 1180. The number of hydrogen-bond acceptors (Lipinski definition) is 3. The molecule has 3 rings (SSSR count). The number of rotatable bonds is 4. The van der Waals surface area contributed by atoms with Crippen LogP contribution in [0.5, 0.6) is 0 Å². The van der Waals surface area contributed by atoms with Gasteiger partial charge in [0.1, 0.15) is 17.3 Å². The zero-order valence-corrected chi connectivity index (χ0v) is 17.5. The van der Waals surface area contributed by atoms with Gasteiger partial charge in [0.15, 0.2) is 0 Å². The summed E-state index contributed by atoms with van der Waals surface area (Å²) in [5, 5.41) is 2.68. The first-order valence-electron chi connectivity index (χ1n) is 9.70. The smallest absolute Gasteiger partial charge is 0.343 e. The highest BCUT2D eigenvalue weighted by atomic mass is 19.4. The fraction of sp³-hybridized carbons (Fsp3) is 0.261. The number of carbonyl (C=O) groups excluding carboxylic acids is 1. The van der Waals surface area contributed by atoms with Gasteiger partial charge in [-0.05, 0) is 23.1 Å². The number of H-pyrrole nitrogens is 1. The van der Waals surface area contributed by atoms with E-state index in [1.807, 2.05) is 0 Å². The lowest BCUT2D eigenvalue weighted by Crippen LogP contribution is -2.37. The molecule has 0 aliphatic rings. The lowest BCUT2D eigenvalue weighted by atomic mass is 9.82. The molecule has 0 spiro atoms. The molecule has 168 valence electrons. The minimum Gasteiger partial charge on any atom is -0.343 e. The summed E-state index contributed by atoms with van der Waals surface area (Å²) in [6.45, 7) is 5.23. The number of nitrogens with one attached hydrogen (secondary N) is 2. The van der Waals surface area contributed by atoms with Crippen LogP contribution in [0.1, 0.15) is 48.4 Å². The quantitative estimate of drug-likeness (QED) is 0.546. The Labute approximate surface area is 181 Å². The Kier molecular flexibility index (Phi) is 6.20. The van der Waals surface area contributed by atoms with Gasteiger partial charge in [0.05, 0.1) is 11.6 Å². The highest BCUT2D eigenvalue weighted by Crippen LogP contribution is 2.37. The van der Waals surface area contributed by atoms with Crippen LogP contribution in [0, 0.1) is 11.2 Å². The largest absolute Gasteiger partial charge is 0.419 e. The normalized spacial score (nSPS) is 13.0. The number of aromatic nitrogens is 2. The van der Waals surface area contributed by atoms with E-state index in [0.29, 0.717) is 11.6 Å². The van der Waals surface area contributed by atoms with Crippen molar-refractivity contribution in [1.29, 1.82) is 0 Å². The summed E-state index contributed by atoms with van der Waals surface area (Å²) in [6.07, 6.45) is -4.83. The maximum absolute atomic E-state index is 14.2. The average Bonchev–Trinajstić information content (AvgIpc) is 2.70. The summed E-state index contributed by atoms with van der Waals surface area (Å²) in [6, 6.07) is 11.4. The fourth-order valence-electron chi connectivity index (χ4n) is 3.25. The molecule has 2 N–H and O–H groups in total. The number of aromatic amines is 1. The molecule has 5 nitrogen and oxygen atoms in total. The maximum atomic E-state index is 14.2. The van der Waals surface area contributed by atoms with E-state index in [1.165, 1.54) is 0 Å². The van der Waals surface area contributed by atoms with Crippen LogP contribution in [-0.4, -0.2) is 15.9 Å². The maximum Gasteiger partial charge on any atom is 0.419 e. The molecule has 0 bridgehead atoms. The Hall–Kier alpha value is -3.49. The number of halogens is 4. The number of alkyl halides is 3. The van der Waals surface area contributed by atoms with E-state index in [2.05, 4.69) is 15.3 Å². The molecule has 9 heteroatoms. The molecule has 0 aliphatic heterocycles. The average molecular weight is 447 g/mol. The van der Waals surface area contributed by atoms with E-state index in [0.717, 1.165) is 18.2 Å². The molecular formula is C23H21F4N3O2. The third-order valence-electron chi connectivity index (χ3n) is 4.79. The van der Waals surface area contributed by atoms with E-state index < -0.39 is 40.5 Å². The van der Waals surface area contributed by atoms with Gasteiger partial charge in [0.2, 0.25) is 0 Å². The number of amides is 1. The monoisotopic (exact) mass is 447 g/mol. The highest BCUT2D eigenvalue weighted by Gasteiger charge is 2.36. The Morgan fingerprint density at radius 1 is 1.03 bits per heavy atom. The molecular weight excluding hydrogens is 426 g/mol. The molecule has 0 fully saturated rings. The van der Waals surface area contributed by atoms with Crippen LogP contribution in [-0.2, 0) is 6.18 Å². The van der Waals surface area contributed by atoms with Gasteiger partial charge in [0.25, 0.3) is 11.5 Å². The molecule has 1 amide bonds. The van der Waals surface area contributed by atoms with Crippen molar-refractivity contribution in [2.24, 2.45) is 5.41 Å². The second kappa shape index (κ2) is 8.57. The first-order chi connectivity index (χ1) is 14.9. The summed E-state index contributed by atoms with van der Waals surface area (Å²) >= 11 is 0. The Morgan fingerprint density at radius 2 is 1.69 bits per heavy atom. The van der Waals surface area contributed by atoms with Crippen LogP contribution in [0.4, 0.5) is 17.6 Å². The van der Waals surface area contributed by atoms with Gasteiger partial charge in [-0.1, -0.05) is 57.2 Å². The van der Waals surface area contributed by atoms with Gasteiger partial charge in [-0.25, -0.2) is 9.37 Å². The summed E-state index contributed by atoms with van der Waals surface area (Å²) in [7, 11) is 0. The van der Waals surface area contributed by atoms with Crippen LogP contribution < -0.4 is 10.9 Å². The molecule has 0 radical (unpaired) electrons. The highest BCUT2D eigenvalue weighted by molar-refractivity contribution is 5.93. The molecule has 0 unspecified atom stereocenters. The number of carbonyl (C=O) groups is 1. The van der Waals surface area contributed by atoms with Gasteiger partial charge in [0, 0.05) is 11.6 Å². The van der Waals surface area contributed by atoms with E-state index >= 15 is 0 Å². The minimum absolute atomic E-state index is 0.157. The van der Waals surface area contributed by atoms with Gasteiger partial charge in [-0.15, -0.1) is 0 Å². The summed E-state index contributed by atoms with van der Waals surface area (Å²) in [5.41, 5.74) is -2.04. The summed E-state index contributed by atoms with van der Waals surface area (Å²) < 4.78 is 52.9. The first kappa shape index (κ1) is 23.2. The minimum atomic E-state index is -4.83. The summed E-state index contributed by atoms with van der Waals surface area (Å²) in [4.78, 5) is 31.8. The molecule has 0 aliphatic carbocycles. The lowest BCUT2D eigenvalue weighted by Gasteiger charge is -2.32. The Balaban J connectivity index is 1.96. The van der Waals surface area contributed by atoms with Crippen LogP contribution in [0.15, 0.2) is 59.4 Å². The van der Waals surface area contributed by atoms with Crippen molar-refractivity contribution in [3.05, 3.63) is 87.6 Å². The molecule has 2 aromatic carbocycles. The number of nitrogens with zero attached hydrogens (tertiary/aromatic N) is 1. The summed E-state index contributed by atoms with van der Waals surface area (Å²) in [5.74, 6) is -1.95. The van der Waals surface area contributed by atoms with Gasteiger partial charge in [-0.2, -0.15) is 13.2 Å². The van der Waals surface area contributed by atoms with Crippen molar-refractivity contribution in [2.75, 3.05) is 0 Å². The van der Waals surface area contributed by atoms with E-state index in [9.17, 15) is 27.2 Å². The number of hydrogen-bond donors (Lipinski definition) is 2. The predicted octanol–water partition coefficient (Wildman–Crippen LogP) is 5.11. The van der Waals surface area contributed by atoms with Crippen molar-refractivity contribution in [2.45, 2.75) is 33.0 Å². The fourth-order valence-corrected chi connectivity index (χ4v) is 3.25. The molecule has 32 heavy (non-hydrogen) atoms. The third kappa shape index (κ3) is 5.22. The predicted molar refractivity (Wildman–Crippen MR) is 111 cm³/mol. The van der Waals surface area contributed by atoms with Crippen molar-refractivity contribution in [3.8, 4) is 11.4 Å². The molecule has 0 saturated heterocycles. The Morgan fingerprint density at radius 3 is 2.25 bits per heavy atom. The molecule has 1 aromatic heterocycles.